The van der Waals surface area contributed by atoms with Crippen molar-refractivity contribution < 1.29 is 0 Å². The average Bonchev–Trinajstić information content (AvgIpc) is 3.04. The zero-order valence-corrected chi connectivity index (χ0v) is 28.7. The van der Waals surface area contributed by atoms with Crippen LogP contribution in [0.2, 0.25) is 0 Å². The molecule has 0 saturated carbocycles. The Hall–Kier alpha value is -3.26. The van der Waals surface area contributed by atoms with Crippen LogP contribution in [0.3, 0.4) is 0 Å². The number of benzene rings is 3. The van der Waals surface area contributed by atoms with Gasteiger partial charge in [0.1, 0.15) is 0 Å². The molecule has 222 valence electrons. The van der Waals surface area contributed by atoms with Crippen molar-refractivity contribution >= 4 is 54.6 Å². The molecule has 0 aromatic heterocycles. The van der Waals surface area contributed by atoms with E-state index in [4.69, 9.17) is 6.42 Å². The molecule has 0 aliphatic heterocycles. The first-order valence-electron chi connectivity index (χ1n) is 15.3. The Labute approximate surface area is 276 Å². The summed E-state index contributed by atoms with van der Waals surface area (Å²) >= 11 is 7.22. The molecule has 1 atom stereocenters. The summed E-state index contributed by atoms with van der Waals surface area (Å²) in [6, 6.07) is 26.4. The maximum absolute atomic E-state index is 6.19. The molecule has 0 fully saturated rings. The summed E-state index contributed by atoms with van der Waals surface area (Å²) in [6.07, 6.45) is 24.9. The number of aryl methyl sites for hydroxylation is 1. The molecule has 0 spiro atoms. The minimum absolute atomic E-state index is 0.206. The highest BCUT2D eigenvalue weighted by Crippen LogP contribution is 2.36. The molecule has 3 aromatic rings. The predicted octanol–water partition coefficient (Wildman–Crippen LogP) is 12.3. The topological polar surface area (TPSA) is 6.48 Å². The van der Waals surface area contributed by atoms with Gasteiger partial charge in [-0.3, -0.25) is 0 Å². The van der Waals surface area contributed by atoms with E-state index >= 15 is 0 Å². The fourth-order valence-corrected chi connectivity index (χ4v) is 5.84. The van der Waals surface area contributed by atoms with Crippen molar-refractivity contribution in [2.45, 2.75) is 71.8 Å². The zero-order chi connectivity index (χ0) is 30.6. The van der Waals surface area contributed by atoms with Crippen molar-refractivity contribution in [3.63, 3.8) is 0 Å². The van der Waals surface area contributed by atoms with E-state index in [0.717, 1.165) is 56.7 Å². The van der Waals surface area contributed by atoms with Gasteiger partial charge in [0.2, 0.25) is 0 Å². The Morgan fingerprint density at radius 1 is 0.837 bits per heavy atom. The van der Waals surface area contributed by atoms with E-state index in [-0.39, 0.29) is 6.04 Å². The Morgan fingerprint density at radius 2 is 1.42 bits per heavy atom. The Kier molecular flexibility index (Phi) is 12.6. The van der Waals surface area contributed by atoms with E-state index in [9.17, 15) is 0 Å². The summed E-state index contributed by atoms with van der Waals surface area (Å²) in [5, 5.41) is 0. The molecule has 2 nitrogen and oxygen atoms in total. The molecule has 0 amide bonds. The summed E-state index contributed by atoms with van der Waals surface area (Å²) < 4.78 is 2.19. The van der Waals surface area contributed by atoms with Gasteiger partial charge in [0.15, 0.2) is 0 Å². The van der Waals surface area contributed by atoms with Crippen LogP contribution in [-0.2, 0) is 6.42 Å². The molecule has 1 unspecified atom stereocenters. The molecule has 0 N–H and O–H groups in total. The lowest BCUT2D eigenvalue weighted by Gasteiger charge is -2.33. The maximum atomic E-state index is 6.19. The van der Waals surface area contributed by atoms with E-state index in [1.54, 1.807) is 0 Å². The number of hydrogen-bond acceptors (Lipinski definition) is 2. The highest BCUT2D eigenvalue weighted by molar-refractivity contribution is 9.12. The third-order valence-electron chi connectivity index (χ3n) is 7.71. The molecule has 0 bridgehead atoms. The van der Waals surface area contributed by atoms with Gasteiger partial charge in [0.25, 0.3) is 0 Å². The van der Waals surface area contributed by atoms with Crippen LogP contribution >= 0.6 is 31.9 Å². The standard InChI is InChI=1S/C39H42Br2N2/c1-5-8-10-30(4)12-19-34(7-3)42(35-20-13-31(14-21-35)11-9-6-2)38-26-28-39(29-27-38)43(36-22-15-32(40)16-23-36)37-24-17-33(41)18-25-37/h3,12-24,26-29,37H,5-6,8-11,25H2,1-2,4H3/b30-12+,34-19+. The second kappa shape index (κ2) is 16.6. The minimum Gasteiger partial charge on any atom is -0.334 e. The first-order chi connectivity index (χ1) is 20.9. The molecular formula is C39H42Br2N2. The molecule has 1 aliphatic carbocycles. The summed E-state index contributed by atoms with van der Waals surface area (Å²) in [6.45, 7) is 6.65. The maximum Gasteiger partial charge on any atom is 0.0967 e. The van der Waals surface area contributed by atoms with E-state index in [1.165, 1.54) is 36.8 Å². The largest absolute Gasteiger partial charge is 0.334 e. The van der Waals surface area contributed by atoms with E-state index in [2.05, 4.69) is 172 Å². The molecule has 1 aliphatic rings. The van der Waals surface area contributed by atoms with Gasteiger partial charge in [0.05, 0.1) is 11.7 Å². The predicted molar refractivity (Wildman–Crippen MR) is 195 cm³/mol. The number of anilines is 4. The van der Waals surface area contributed by atoms with Crippen molar-refractivity contribution in [3.8, 4) is 12.3 Å². The SMILES string of the molecule is C#C/C(=C\C=C(/C)CCCC)N(c1ccc(CCCC)cc1)c1ccc(N(c2ccc(Br)cc2)C2C=CC(Br)=CC2)cc1. The summed E-state index contributed by atoms with van der Waals surface area (Å²) in [7, 11) is 0. The second-order valence-corrected chi connectivity index (χ2v) is 12.9. The molecule has 0 saturated heterocycles. The van der Waals surface area contributed by atoms with E-state index in [1.807, 2.05) is 0 Å². The smallest absolute Gasteiger partial charge is 0.0967 e. The van der Waals surface area contributed by atoms with Gasteiger partial charge in [-0.25, -0.2) is 0 Å². The fraction of sp³-hybridized carbons (Fsp3) is 0.282. The first-order valence-corrected chi connectivity index (χ1v) is 16.9. The monoisotopic (exact) mass is 696 g/mol. The van der Waals surface area contributed by atoms with Gasteiger partial charge in [0, 0.05) is 31.7 Å². The summed E-state index contributed by atoms with van der Waals surface area (Å²) in [5.41, 5.74) is 7.88. The van der Waals surface area contributed by atoms with Crippen molar-refractivity contribution in [2.24, 2.45) is 0 Å². The lowest BCUT2D eigenvalue weighted by Crippen LogP contribution is -2.30. The van der Waals surface area contributed by atoms with Crippen molar-refractivity contribution in [1.29, 1.82) is 0 Å². The van der Waals surface area contributed by atoms with Crippen molar-refractivity contribution in [2.75, 3.05) is 9.80 Å². The van der Waals surface area contributed by atoms with Crippen molar-refractivity contribution in [3.05, 3.63) is 129 Å². The van der Waals surface area contributed by atoms with E-state index in [0.29, 0.717) is 0 Å². The number of unbranched alkanes of at least 4 members (excludes halogenated alkanes) is 2. The average molecular weight is 699 g/mol. The molecule has 0 radical (unpaired) electrons. The summed E-state index contributed by atoms with van der Waals surface area (Å²) in [4.78, 5) is 4.59. The van der Waals surface area contributed by atoms with Gasteiger partial charge in [-0.2, -0.15) is 0 Å². The van der Waals surface area contributed by atoms with Crippen LogP contribution in [0.5, 0.6) is 0 Å². The van der Waals surface area contributed by atoms with Crippen LogP contribution in [-0.4, -0.2) is 6.04 Å². The lowest BCUT2D eigenvalue weighted by molar-refractivity contribution is 0.784. The molecule has 4 heteroatoms. The molecular weight excluding hydrogens is 656 g/mol. The van der Waals surface area contributed by atoms with Gasteiger partial charge in [-0.15, -0.1) is 6.42 Å². The molecule has 3 aromatic carbocycles. The molecule has 4 rings (SSSR count). The number of halogens is 2. The Bertz CT molecular complexity index is 1490. The second-order valence-electron chi connectivity index (χ2n) is 11.0. The normalized spacial score (nSPS) is 15.2. The molecule has 43 heavy (non-hydrogen) atoms. The van der Waals surface area contributed by atoms with Crippen LogP contribution < -0.4 is 9.80 Å². The van der Waals surface area contributed by atoms with Crippen LogP contribution in [0.25, 0.3) is 0 Å². The zero-order valence-electron chi connectivity index (χ0n) is 25.6. The van der Waals surface area contributed by atoms with Gasteiger partial charge < -0.3 is 9.80 Å². The molecule has 0 heterocycles. The summed E-state index contributed by atoms with van der Waals surface area (Å²) in [5.74, 6) is 2.99. The van der Waals surface area contributed by atoms with Crippen LogP contribution in [0.1, 0.15) is 64.9 Å². The third kappa shape index (κ3) is 9.12. The number of nitrogens with zero attached hydrogens (tertiary/aromatic N) is 2. The fourth-order valence-electron chi connectivity index (χ4n) is 5.24. The van der Waals surface area contributed by atoms with Crippen LogP contribution in [0.15, 0.2) is 123 Å². The quantitative estimate of drug-likeness (QED) is 0.130. The van der Waals surface area contributed by atoms with Crippen molar-refractivity contribution in [1.82, 2.24) is 0 Å². The highest BCUT2D eigenvalue weighted by atomic mass is 79.9. The van der Waals surface area contributed by atoms with Crippen LogP contribution in [0.4, 0.5) is 22.7 Å². The Morgan fingerprint density at radius 3 is 1.98 bits per heavy atom. The minimum atomic E-state index is 0.206. The lowest BCUT2D eigenvalue weighted by atomic mass is 10.0. The van der Waals surface area contributed by atoms with Gasteiger partial charge in [-0.05, 0) is 111 Å². The number of hydrogen-bond donors (Lipinski definition) is 0. The highest BCUT2D eigenvalue weighted by Gasteiger charge is 2.21. The Balaban J connectivity index is 1.73. The van der Waals surface area contributed by atoms with Gasteiger partial charge >= 0.3 is 0 Å². The number of allylic oxidation sites excluding steroid dienone is 6. The number of terminal acetylenes is 1. The van der Waals surface area contributed by atoms with Crippen LogP contribution in [0, 0.1) is 12.3 Å². The van der Waals surface area contributed by atoms with Gasteiger partial charge in [-0.1, -0.05) is 106 Å². The third-order valence-corrected chi connectivity index (χ3v) is 8.82. The number of rotatable bonds is 13. The first kappa shape index (κ1) is 32.6. The van der Waals surface area contributed by atoms with E-state index < -0.39 is 0 Å².